The van der Waals surface area contributed by atoms with Gasteiger partial charge in [-0.15, -0.1) is 0 Å². The number of ether oxygens (including phenoxy) is 1. The average Bonchev–Trinajstić information content (AvgIpc) is 2.18. The van der Waals surface area contributed by atoms with Gasteiger partial charge in [0.1, 0.15) is 5.78 Å². The summed E-state index contributed by atoms with van der Waals surface area (Å²) in [5.74, 6) is 0.386. The third kappa shape index (κ3) is 2.72. The SMILES string of the molecule is COC(=O)N1CCCC(=O)C(C)CC1. The summed E-state index contributed by atoms with van der Waals surface area (Å²) in [6.45, 7) is 3.17. The fraction of sp³-hybridized carbons (Fsp3) is 0.800. The standard InChI is InChI=1S/C10H17NO3/c1-8-5-7-11(10(13)14-2)6-3-4-9(8)12/h8H,3-7H2,1-2H3. The average molecular weight is 199 g/mol. The van der Waals surface area contributed by atoms with Crippen molar-refractivity contribution in [2.45, 2.75) is 26.2 Å². The van der Waals surface area contributed by atoms with Crippen molar-refractivity contribution >= 4 is 11.9 Å². The molecule has 0 N–H and O–H groups in total. The lowest BCUT2D eigenvalue weighted by molar-refractivity contribution is -0.123. The first-order chi connectivity index (χ1) is 6.65. The molecule has 4 nitrogen and oxygen atoms in total. The molecule has 1 unspecified atom stereocenters. The van der Waals surface area contributed by atoms with E-state index in [1.54, 1.807) is 4.90 Å². The van der Waals surface area contributed by atoms with Crippen LogP contribution in [0.2, 0.25) is 0 Å². The maximum Gasteiger partial charge on any atom is 0.409 e. The van der Waals surface area contributed by atoms with E-state index in [9.17, 15) is 9.59 Å². The number of ketones is 1. The highest BCUT2D eigenvalue weighted by Gasteiger charge is 2.21. The first kappa shape index (κ1) is 11.0. The fourth-order valence-electron chi connectivity index (χ4n) is 1.62. The van der Waals surface area contributed by atoms with Gasteiger partial charge < -0.3 is 9.64 Å². The van der Waals surface area contributed by atoms with E-state index in [-0.39, 0.29) is 12.0 Å². The molecular weight excluding hydrogens is 182 g/mol. The van der Waals surface area contributed by atoms with Crippen LogP contribution in [0.4, 0.5) is 4.79 Å². The number of carbonyl (C=O) groups excluding carboxylic acids is 2. The number of rotatable bonds is 0. The Morgan fingerprint density at radius 1 is 1.50 bits per heavy atom. The predicted octanol–water partition coefficient (Wildman–Crippen LogP) is 1.44. The lowest BCUT2D eigenvalue weighted by atomic mass is 9.97. The van der Waals surface area contributed by atoms with Crippen LogP contribution in [0.5, 0.6) is 0 Å². The molecule has 1 rings (SSSR count). The molecule has 4 heteroatoms. The van der Waals surface area contributed by atoms with Crippen molar-refractivity contribution < 1.29 is 14.3 Å². The zero-order chi connectivity index (χ0) is 10.6. The lowest BCUT2D eigenvalue weighted by Gasteiger charge is -2.25. The van der Waals surface area contributed by atoms with E-state index in [1.807, 2.05) is 6.92 Å². The van der Waals surface area contributed by atoms with Crippen LogP contribution in [0.25, 0.3) is 0 Å². The van der Waals surface area contributed by atoms with E-state index in [4.69, 9.17) is 0 Å². The van der Waals surface area contributed by atoms with Crippen LogP contribution >= 0.6 is 0 Å². The van der Waals surface area contributed by atoms with E-state index >= 15 is 0 Å². The summed E-state index contributed by atoms with van der Waals surface area (Å²) in [7, 11) is 1.38. The van der Waals surface area contributed by atoms with Gasteiger partial charge in [-0.05, 0) is 12.8 Å². The molecule has 0 aromatic carbocycles. The highest BCUT2D eigenvalue weighted by atomic mass is 16.5. The second-order valence-corrected chi connectivity index (χ2v) is 3.72. The van der Waals surface area contributed by atoms with Crippen LogP contribution < -0.4 is 0 Å². The number of hydrogen-bond donors (Lipinski definition) is 0. The van der Waals surface area contributed by atoms with E-state index in [2.05, 4.69) is 4.74 Å². The van der Waals surface area contributed by atoms with Gasteiger partial charge in [-0.3, -0.25) is 4.79 Å². The summed E-state index contributed by atoms with van der Waals surface area (Å²) < 4.78 is 4.65. The van der Waals surface area contributed by atoms with Crippen molar-refractivity contribution in [1.82, 2.24) is 4.90 Å². The van der Waals surface area contributed by atoms with Crippen molar-refractivity contribution in [1.29, 1.82) is 0 Å². The summed E-state index contributed by atoms with van der Waals surface area (Å²) in [6.07, 6.45) is 1.78. The van der Waals surface area contributed by atoms with Gasteiger partial charge in [0.2, 0.25) is 0 Å². The Labute approximate surface area is 84.2 Å². The number of nitrogens with zero attached hydrogens (tertiary/aromatic N) is 1. The molecule has 1 aliphatic heterocycles. The number of methoxy groups -OCH3 is 1. The Kier molecular flexibility index (Phi) is 3.92. The first-order valence-electron chi connectivity index (χ1n) is 5.00. The normalized spacial score (nSPS) is 24.0. The molecule has 0 saturated carbocycles. The molecule has 80 valence electrons. The van der Waals surface area contributed by atoms with Crippen LogP contribution in [0.1, 0.15) is 26.2 Å². The Hall–Kier alpha value is -1.06. The predicted molar refractivity (Wildman–Crippen MR) is 52.0 cm³/mol. The largest absolute Gasteiger partial charge is 0.453 e. The molecule has 1 saturated heterocycles. The Morgan fingerprint density at radius 2 is 2.21 bits per heavy atom. The third-order valence-electron chi connectivity index (χ3n) is 2.67. The molecule has 0 aromatic heterocycles. The molecule has 0 aromatic rings. The monoisotopic (exact) mass is 199 g/mol. The number of amides is 1. The highest BCUT2D eigenvalue weighted by Crippen LogP contribution is 2.14. The summed E-state index contributed by atoms with van der Waals surface area (Å²) in [4.78, 5) is 24.3. The van der Waals surface area contributed by atoms with Crippen molar-refractivity contribution in [3.8, 4) is 0 Å². The van der Waals surface area contributed by atoms with Gasteiger partial charge in [-0.2, -0.15) is 0 Å². The van der Waals surface area contributed by atoms with Crippen molar-refractivity contribution in [2.75, 3.05) is 20.2 Å². The minimum absolute atomic E-state index is 0.0717. The molecule has 14 heavy (non-hydrogen) atoms. The van der Waals surface area contributed by atoms with Gasteiger partial charge >= 0.3 is 6.09 Å². The molecule has 0 bridgehead atoms. The molecule has 1 aliphatic rings. The zero-order valence-corrected chi connectivity index (χ0v) is 8.78. The maximum atomic E-state index is 11.4. The molecule has 0 radical (unpaired) electrons. The Morgan fingerprint density at radius 3 is 2.86 bits per heavy atom. The fourth-order valence-corrected chi connectivity index (χ4v) is 1.62. The maximum absolute atomic E-state index is 11.4. The second-order valence-electron chi connectivity index (χ2n) is 3.72. The topological polar surface area (TPSA) is 46.6 Å². The summed E-state index contributed by atoms with van der Waals surface area (Å²) in [6, 6.07) is 0. The summed E-state index contributed by atoms with van der Waals surface area (Å²) >= 11 is 0. The van der Waals surface area contributed by atoms with Gasteiger partial charge in [-0.1, -0.05) is 6.92 Å². The molecular formula is C10H17NO3. The number of hydrogen-bond acceptors (Lipinski definition) is 3. The first-order valence-corrected chi connectivity index (χ1v) is 5.00. The van der Waals surface area contributed by atoms with Crippen molar-refractivity contribution in [2.24, 2.45) is 5.92 Å². The van der Waals surface area contributed by atoms with Gasteiger partial charge in [0.05, 0.1) is 7.11 Å². The zero-order valence-electron chi connectivity index (χ0n) is 8.78. The molecule has 1 atom stereocenters. The van der Waals surface area contributed by atoms with E-state index < -0.39 is 0 Å². The molecule has 1 fully saturated rings. The van der Waals surface area contributed by atoms with Crippen molar-refractivity contribution in [3.05, 3.63) is 0 Å². The molecule has 1 heterocycles. The van der Waals surface area contributed by atoms with Crippen molar-refractivity contribution in [3.63, 3.8) is 0 Å². The van der Waals surface area contributed by atoms with E-state index in [0.717, 1.165) is 12.8 Å². The van der Waals surface area contributed by atoms with Crippen LogP contribution in [-0.2, 0) is 9.53 Å². The smallest absolute Gasteiger partial charge is 0.409 e. The Bertz CT molecular complexity index is 227. The number of carbonyl (C=O) groups is 2. The minimum atomic E-state index is -0.286. The van der Waals surface area contributed by atoms with Gasteiger partial charge in [-0.25, -0.2) is 4.79 Å². The lowest BCUT2D eigenvalue weighted by Crippen LogP contribution is -2.36. The van der Waals surface area contributed by atoms with E-state index in [1.165, 1.54) is 7.11 Å². The van der Waals surface area contributed by atoms with Crippen LogP contribution in [0.15, 0.2) is 0 Å². The number of likely N-dealkylation sites (tertiary alicyclic amines) is 1. The number of Topliss-reactive ketones (excluding diaryl/α,β-unsaturated/α-hetero) is 1. The highest BCUT2D eigenvalue weighted by molar-refractivity contribution is 5.81. The van der Waals surface area contributed by atoms with E-state index in [0.29, 0.717) is 25.3 Å². The van der Waals surface area contributed by atoms with Gasteiger partial charge in [0, 0.05) is 25.4 Å². The second kappa shape index (κ2) is 4.98. The minimum Gasteiger partial charge on any atom is -0.453 e. The van der Waals surface area contributed by atoms with Crippen LogP contribution in [0.3, 0.4) is 0 Å². The van der Waals surface area contributed by atoms with Gasteiger partial charge in [0.15, 0.2) is 0 Å². The van der Waals surface area contributed by atoms with Gasteiger partial charge in [0.25, 0.3) is 0 Å². The summed E-state index contributed by atoms with van der Waals surface area (Å²) in [5.41, 5.74) is 0. The van der Waals surface area contributed by atoms with Crippen LogP contribution in [-0.4, -0.2) is 37.0 Å². The quantitative estimate of drug-likeness (QED) is 0.593. The molecule has 1 amide bonds. The third-order valence-corrected chi connectivity index (χ3v) is 2.67. The Balaban J connectivity index is 2.51. The molecule has 0 spiro atoms. The van der Waals surface area contributed by atoms with Crippen LogP contribution in [0, 0.1) is 5.92 Å². The molecule has 0 aliphatic carbocycles. The summed E-state index contributed by atoms with van der Waals surface area (Å²) in [5, 5.41) is 0.